The first-order chi connectivity index (χ1) is 11.3. The molecule has 2 aromatic heterocycles. The molecule has 0 bridgehead atoms. The molecule has 1 aliphatic rings. The molecule has 4 nitrogen and oxygen atoms in total. The number of aromatic amines is 1. The van der Waals surface area contributed by atoms with Gasteiger partial charge in [0.05, 0.1) is 7.11 Å². The van der Waals surface area contributed by atoms with Crippen LogP contribution in [0, 0.1) is 5.92 Å². The maximum atomic E-state index is 11.8. The smallest absolute Gasteiger partial charge is 0.252 e. The molecule has 23 heavy (non-hydrogen) atoms. The molecular formula is C18H24N2O2S. The molecule has 3 heterocycles. The van der Waals surface area contributed by atoms with Gasteiger partial charge in [-0.25, -0.2) is 0 Å². The quantitative estimate of drug-likeness (QED) is 0.883. The number of rotatable bonds is 6. The molecule has 0 atom stereocenters. The minimum atomic E-state index is 0.0411. The standard InChI is InChI=1S/C18H24N2O2S/c1-22-16-8-12-23-17(16)5-4-14-6-10-20(11-7-14)13-15-3-2-9-19-18(15)21/h2-3,8-9,12,14H,4-7,10-11,13H2,1H3,(H,19,21). The van der Waals surface area contributed by atoms with Gasteiger partial charge in [-0.05, 0) is 62.2 Å². The van der Waals surface area contributed by atoms with Crippen molar-refractivity contribution in [3.05, 3.63) is 50.6 Å². The number of aromatic nitrogens is 1. The minimum Gasteiger partial charge on any atom is -0.496 e. The van der Waals surface area contributed by atoms with Crippen molar-refractivity contribution in [3.8, 4) is 5.75 Å². The lowest BCUT2D eigenvalue weighted by Crippen LogP contribution is -2.34. The normalized spacial score (nSPS) is 16.6. The lowest BCUT2D eigenvalue weighted by Gasteiger charge is -2.31. The van der Waals surface area contributed by atoms with E-state index in [1.807, 2.05) is 12.1 Å². The molecule has 1 aliphatic heterocycles. The summed E-state index contributed by atoms with van der Waals surface area (Å²) in [4.78, 5) is 18.3. The van der Waals surface area contributed by atoms with E-state index in [1.54, 1.807) is 24.6 Å². The number of piperidine rings is 1. The molecule has 1 saturated heterocycles. The lowest BCUT2D eigenvalue weighted by molar-refractivity contribution is 0.172. The Morgan fingerprint density at radius 3 is 2.91 bits per heavy atom. The number of hydrogen-bond donors (Lipinski definition) is 1. The van der Waals surface area contributed by atoms with Crippen molar-refractivity contribution in [2.24, 2.45) is 5.92 Å². The molecule has 0 amide bonds. The first-order valence-corrected chi connectivity index (χ1v) is 9.13. The van der Waals surface area contributed by atoms with Gasteiger partial charge in [0, 0.05) is 23.2 Å². The van der Waals surface area contributed by atoms with Crippen molar-refractivity contribution >= 4 is 11.3 Å². The van der Waals surface area contributed by atoms with E-state index in [2.05, 4.69) is 21.3 Å². The summed E-state index contributed by atoms with van der Waals surface area (Å²) in [7, 11) is 1.75. The average molecular weight is 332 g/mol. The number of hydrogen-bond acceptors (Lipinski definition) is 4. The fraction of sp³-hybridized carbons (Fsp3) is 0.500. The molecule has 1 fully saturated rings. The first-order valence-electron chi connectivity index (χ1n) is 8.25. The van der Waals surface area contributed by atoms with Crippen molar-refractivity contribution in [2.45, 2.75) is 32.2 Å². The highest BCUT2D eigenvalue weighted by Gasteiger charge is 2.20. The number of ether oxygens (including phenoxy) is 1. The number of likely N-dealkylation sites (tertiary alicyclic amines) is 1. The zero-order valence-corrected chi connectivity index (χ0v) is 14.4. The van der Waals surface area contributed by atoms with Gasteiger partial charge < -0.3 is 9.72 Å². The zero-order chi connectivity index (χ0) is 16.1. The topological polar surface area (TPSA) is 45.3 Å². The van der Waals surface area contributed by atoms with E-state index in [0.717, 1.165) is 43.3 Å². The van der Waals surface area contributed by atoms with Crippen molar-refractivity contribution < 1.29 is 4.74 Å². The minimum absolute atomic E-state index is 0.0411. The van der Waals surface area contributed by atoms with Gasteiger partial charge in [0.25, 0.3) is 5.56 Å². The van der Waals surface area contributed by atoms with Crippen LogP contribution < -0.4 is 10.3 Å². The summed E-state index contributed by atoms with van der Waals surface area (Å²) in [6, 6.07) is 5.88. The Labute approximate surface area is 141 Å². The van der Waals surface area contributed by atoms with Gasteiger partial charge in [0.1, 0.15) is 5.75 Å². The summed E-state index contributed by atoms with van der Waals surface area (Å²) >= 11 is 1.79. The second-order valence-electron chi connectivity index (χ2n) is 6.19. The Bertz CT molecular complexity index is 671. The van der Waals surface area contributed by atoms with Crippen LogP contribution in [0.25, 0.3) is 0 Å². The summed E-state index contributed by atoms with van der Waals surface area (Å²) in [5.41, 5.74) is 0.911. The summed E-state index contributed by atoms with van der Waals surface area (Å²) in [6.45, 7) is 2.93. The molecule has 124 valence electrons. The van der Waals surface area contributed by atoms with Crippen LogP contribution >= 0.6 is 11.3 Å². The van der Waals surface area contributed by atoms with Gasteiger partial charge >= 0.3 is 0 Å². The highest BCUT2D eigenvalue weighted by Crippen LogP contribution is 2.29. The third kappa shape index (κ3) is 4.24. The lowest BCUT2D eigenvalue weighted by atomic mass is 9.91. The van der Waals surface area contributed by atoms with E-state index in [0.29, 0.717) is 0 Å². The Morgan fingerprint density at radius 1 is 1.35 bits per heavy atom. The molecular weight excluding hydrogens is 308 g/mol. The molecule has 0 saturated carbocycles. The summed E-state index contributed by atoms with van der Waals surface area (Å²) in [6.07, 6.45) is 6.48. The maximum Gasteiger partial charge on any atom is 0.252 e. The van der Waals surface area contributed by atoms with E-state index in [1.165, 1.54) is 24.1 Å². The monoisotopic (exact) mass is 332 g/mol. The van der Waals surface area contributed by atoms with Crippen molar-refractivity contribution in [1.29, 1.82) is 0 Å². The molecule has 0 radical (unpaired) electrons. The molecule has 0 spiro atoms. The van der Waals surface area contributed by atoms with Gasteiger partial charge in [-0.1, -0.05) is 6.07 Å². The molecule has 1 N–H and O–H groups in total. The number of H-pyrrole nitrogens is 1. The zero-order valence-electron chi connectivity index (χ0n) is 13.6. The Morgan fingerprint density at radius 2 is 2.17 bits per heavy atom. The van der Waals surface area contributed by atoms with Gasteiger partial charge in [0.15, 0.2) is 0 Å². The van der Waals surface area contributed by atoms with Crippen LogP contribution in [0.2, 0.25) is 0 Å². The van der Waals surface area contributed by atoms with Crippen LogP contribution in [-0.4, -0.2) is 30.1 Å². The first kappa shape index (κ1) is 16.3. The second kappa shape index (κ2) is 7.79. The number of aryl methyl sites for hydroxylation is 1. The number of thiophene rings is 1. The third-order valence-corrected chi connectivity index (χ3v) is 5.67. The van der Waals surface area contributed by atoms with Crippen LogP contribution in [0.3, 0.4) is 0 Å². The predicted molar refractivity (Wildman–Crippen MR) is 94.3 cm³/mol. The van der Waals surface area contributed by atoms with Crippen molar-refractivity contribution in [1.82, 2.24) is 9.88 Å². The molecule has 2 aromatic rings. The molecule has 5 heteroatoms. The van der Waals surface area contributed by atoms with Gasteiger partial charge in [-0.2, -0.15) is 0 Å². The fourth-order valence-corrected chi connectivity index (χ4v) is 4.14. The van der Waals surface area contributed by atoms with Gasteiger partial charge in [-0.3, -0.25) is 9.69 Å². The fourth-order valence-electron chi connectivity index (χ4n) is 3.28. The van der Waals surface area contributed by atoms with E-state index < -0.39 is 0 Å². The molecule has 0 aromatic carbocycles. The van der Waals surface area contributed by atoms with Crippen LogP contribution in [0.4, 0.5) is 0 Å². The van der Waals surface area contributed by atoms with Gasteiger partial charge in [0.2, 0.25) is 0 Å². The van der Waals surface area contributed by atoms with E-state index >= 15 is 0 Å². The largest absolute Gasteiger partial charge is 0.496 e. The Hall–Kier alpha value is -1.59. The number of nitrogens with zero attached hydrogens (tertiary/aromatic N) is 1. The van der Waals surface area contributed by atoms with Crippen molar-refractivity contribution in [3.63, 3.8) is 0 Å². The number of methoxy groups -OCH3 is 1. The average Bonchev–Trinajstić information content (AvgIpc) is 3.04. The van der Waals surface area contributed by atoms with Gasteiger partial charge in [-0.15, -0.1) is 11.3 Å². The van der Waals surface area contributed by atoms with E-state index in [9.17, 15) is 4.79 Å². The van der Waals surface area contributed by atoms with E-state index in [-0.39, 0.29) is 5.56 Å². The molecule has 0 unspecified atom stereocenters. The highest BCUT2D eigenvalue weighted by molar-refractivity contribution is 7.10. The number of pyridine rings is 1. The third-order valence-electron chi connectivity index (χ3n) is 4.70. The molecule has 3 rings (SSSR count). The molecule has 0 aliphatic carbocycles. The number of nitrogens with one attached hydrogen (secondary N) is 1. The van der Waals surface area contributed by atoms with Crippen molar-refractivity contribution in [2.75, 3.05) is 20.2 Å². The summed E-state index contributed by atoms with van der Waals surface area (Å²) in [5.74, 6) is 1.82. The Balaban J connectivity index is 1.45. The van der Waals surface area contributed by atoms with E-state index in [4.69, 9.17) is 4.74 Å². The highest BCUT2D eigenvalue weighted by atomic mass is 32.1. The summed E-state index contributed by atoms with van der Waals surface area (Å²) < 4.78 is 5.39. The van der Waals surface area contributed by atoms with Crippen LogP contribution in [-0.2, 0) is 13.0 Å². The maximum absolute atomic E-state index is 11.8. The predicted octanol–water partition coefficient (Wildman–Crippen LogP) is 3.29. The van der Waals surface area contributed by atoms with Crippen LogP contribution in [0.1, 0.15) is 29.7 Å². The van der Waals surface area contributed by atoms with Crippen LogP contribution in [0.15, 0.2) is 34.6 Å². The summed E-state index contributed by atoms with van der Waals surface area (Å²) in [5, 5.41) is 2.11. The van der Waals surface area contributed by atoms with Crippen LogP contribution in [0.5, 0.6) is 5.75 Å². The SMILES string of the molecule is COc1ccsc1CCC1CCN(Cc2ccc[nH]c2=O)CC1. The Kier molecular flexibility index (Phi) is 5.51. The second-order valence-corrected chi connectivity index (χ2v) is 7.20.